The van der Waals surface area contributed by atoms with Crippen LogP contribution in [0, 0.1) is 6.07 Å². The Morgan fingerprint density at radius 3 is 2.60 bits per heavy atom. The molecule has 1 nitrogen and oxygen atoms in total. The molecule has 1 aromatic rings. The van der Waals surface area contributed by atoms with Crippen LogP contribution in [0.2, 0.25) is 0 Å². The van der Waals surface area contributed by atoms with Gasteiger partial charge in [-0.1, -0.05) is 51.2 Å². The van der Waals surface area contributed by atoms with E-state index >= 15 is 0 Å². The Morgan fingerprint density at radius 2 is 1.87 bits per heavy atom. The minimum atomic E-state index is 0.394. The maximum atomic E-state index is 9.52. The number of aryl methyl sites for hydroxylation is 1. The highest BCUT2D eigenvalue weighted by Crippen LogP contribution is 2.18. The van der Waals surface area contributed by atoms with E-state index in [2.05, 4.69) is 13.0 Å². The van der Waals surface area contributed by atoms with Crippen molar-refractivity contribution in [3.8, 4) is 5.75 Å². The smallest absolute Gasteiger partial charge is 0.119 e. The van der Waals surface area contributed by atoms with Gasteiger partial charge < -0.3 is 5.11 Å². The molecule has 0 aliphatic rings. The second-order valence-electron chi connectivity index (χ2n) is 4.05. The van der Waals surface area contributed by atoms with Crippen molar-refractivity contribution >= 4 is 0 Å². The molecule has 0 aliphatic heterocycles. The SMILES string of the molecule is CCCCCCCCc1[c]cccc1O. The quantitative estimate of drug-likeness (QED) is 0.664. The van der Waals surface area contributed by atoms with E-state index in [0.717, 1.165) is 18.4 Å². The highest BCUT2D eigenvalue weighted by atomic mass is 16.3. The fourth-order valence-electron chi connectivity index (χ4n) is 1.74. The fraction of sp³-hybridized carbons (Fsp3) is 0.571. The van der Waals surface area contributed by atoms with Gasteiger partial charge in [0.25, 0.3) is 0 Å². The van der Waals surface area contributed by atoms with Gasteiger partial charge in [0, 0.05) is 5.56 Å². The largest absolute Gasteiger partial charge is 0.508 e. The van der Waals surface area contributed by atoms with Crippen molar-refractivity contribution in [2.45, 2.75) is 51.9 Å². The number of hydrogen-bond donors (Lipinski definition) is 1. The van der Waals surface area contributed by atoms with Gasteiger partial charge in [-0.25, -0.2) is 0 Å². The van der Waals surface area contributed by atoms with Crippen LogP contribution < -0.4 is 0 Å². The molecule has 0 saturated heterocycles. The molecular weight excluding hydrogens is 184 g/mol. The lowest BCUT2D eigenvalue weighted by atomic mass is 10.0. The Balaban J connectivity index is 2.12. The van der Waals surface area contributed by atoms with Crippen molar-refractivity contribution in [2.24, 2.45) is 0 Å². The normalized spacial score (nSPS) is 10.5. The first-order valence-electron chi connectivity index (χ1n) is 6.03. The zero-order valence-corrected chi connectivity index (χ0v) is 9.63. The van der Waals surface area contributed by atoms with E-state index in [1.165, 1.54) is 32.1 Å². The molecule has 0 aliphatic carbocycles. The minimum Gasteiger partial charge on any atom is -0.508 e. The van der Waals surface area contributed by atoms with Crippen molar-refractivity contribution in [3.05, 3.63) is 29.8 Å². The zero-order chi connectivity index (χ0) is 10.9. The summed E-state index contributed by atoms with van der Waals surface area (Å²) >= 11 is 0. The number of phenols is 1. The first-order chi connectivity index (χ1) is 7.34. The summed E-state index contributed by atoms with van der Waals surface area (Å²) < 4.78 is 0. The third-order valence-corrected chi connectivity index (χ3v) is 2.70. The third kappa shape index (κ3) is 4.87. The lowest BCUT2D eigenvalue weighted by molar-refractivity contribution is 0.465. The van der Waals surface area contributed by atoms with E-state index in [9.17, 15) is 5.11 Å². The molecule has 0 unspecified atom stereocenters. The molecule has 0 amide bonds. The van der Waals surface area contributed by atoms with E-state index in [-0.39, 0.29) is 0 Å². The van der Waals surface area contributed by atoms with Crippen LogP contribution in [-0.2, 0) is 6.42 Å². The van der Waals surface area contributed by atoms with Gasteiger partial charge in [0.15, 0.2) is 0 Å². The first-order valence-corrected chi connectivity index (χ1v) is 6.03. The predicted molar refractivity (Wildman–Crippen MR) is 64.0 cm³/mol. The Hall–Kier alpha value is -0.980. The molecule has 0 fully saturated rings. The molecule has 0 spiro atoms. The molecule has 0 saturated carbocycles. The van der Waals surface area contributed by atoms with E-state index in [4.69, 9.17) is 0 Å². The molecule has 83 valence electrons. The summed E-state index contributed by atoms with van der Waals surface area (Å²) in [6.07, 6.45) is 8.71. The molecule has 1 rings (SSSR count). The van der Waals surface area contributed by atoms with Crippen LogP contribution >= 0.6 is 0 Å². The van der Waals surface area contributed by atoms with Gasteiger partial charge in [0.05, 0.1) is 0 Å². The molecule has 1 heteroatoms. The van der Waals surface area contributed by atoms with Crippen LogP contribution in [0.15, 0.2) is 18.2 Å². The molecule has 15 heavy (non-hydrogen) atoms. The summed E-state index contributed by atoms with van der Waals surface area (Å²) in [7, 11) is 0. The van der Waals surface area contributed by atoms with E-state index in [0.29, 0.717) is 5.75 Å². The molecule has 1 N–H and O–H groups in total. The van der Waals surface area contributed by atoms with Gasteiger partial charge in [-0.15, -0.1) is 0 Å². The topological polar surface area (TPSA) is 20.2 Å². The van der Waals surface area contributed by atoms with Gasteiger partial charge in [-0.2, -0.15) is 0 Å². The van der Waals surface area contributed by atoms with Gasteiger partial charge in [0.2, 0.25) is 0 Å². The Bertz CT molecular complexity index is 268. The van der Waals surface area contributed by atoms with Gasteiger partial charge >= 0.3 is 0 Å². The van der Waals surface area contributed by atoms with Crippen LogP contribution in [0.4, 0.5) is 0 Å². The lowest BCUT2D eigenvalue weighted by Crippen LogP contribution is -1.87. The lowest BCUT2D eigenvalue weighted by Gasteiger charge is -2.03. The number of unbranched alkanes of at least 4 members (excludes halogenated alkanes) is 5. The van der Waals surface area contributed by atoms with Gasteiger partial charge in [-0.3, -0.25) is 0 Å². The Kier molecular flexibility index (Phi) is 5.91. The molecular formula is C14H21O. The highest BCUT2D eigenvalue weighted by Gasteiger charge is 1.99. The Labute approximate surface area is 93.1 Å². The second kappa shape index (κ2) is 7.33. The summed E-state index contributed by atoms with van der Waals surface area (Å²) in [4.78, 5) is 0. The van der Waals surface area contributed by atoms with Crippen LogP contribution in [0.25, 0.3) is 0 Å². The minimum absolute atomic E-state index is 0.394. The fourth-order valence-corrected chi connectivity index (χ4v) is 1.74. The van der Waals surface area contributed by atoms with Gasteiger partial charge in [0.1, 0.15) is 5.75 Å². The Morgan fingerprint density at radius 1 is 1.13 bits per heavy atom. The summed E-state index contributed by atoms with van der Waals surface area (Å²) in [6.45, 7) is 2.23. The van der Waals surface area contributed by atoms with Crippen LogP contribution in [-0.4, -0.2) is 5.11 Å². The average molecular weight is 205 g/mol. The maximum Gasteiger partial charge on any atom is 0.119 e. The third-order valence-electron chi connectivity index (χ3n) is 2.70. The standard InChI is InChI=1S/C14H21O/c1-2-3-4-5-6-7-10-13-11-8-9-12-14(13)15/h8-9,12,15H,2-7,10H2,1H3. The molecule has 1 radical (unpaired) electrons. The molecule has 0 aromatic heterocycles. The maximum absolute atomic E-state index is 9.52. The van der Waals surface area contributed by atoms with E-state index in [1.807, 2.05) is 12.1 Å². The van der Waals surface area contributed by atoms with Gasteiger partial charge in [-0.05, 0) is 25.0 Å². The van der Waals surface area contributed by atoms with Crippen molar-refractivity contribution < 1.29 is 5.11 Å². The zero-order valence-electron chi connectivity index (χ0n) is 9.63. The molecule has 0 atom stereocenters. The van der Waals surface area contributed by atoms with E-state index < -0.39 is 0 Å². The van der Waals surface area contributed by atoms with Crippen LogP contribution in [0.5, 0.6) is 5.75 Å². The van der Waals surface area contributed by atoms with Crippen LogP contribution in [0.1, 0.15) is 51.0 Å². The molecule has 0 heterocycles. The first kappa shape index (κ1) is 12.1. The van der Waals surface area contributed by atoms with E-state index in [1.54, 1.807) is 6.07 Å². The summed E-state index contributed by atoms with van der Waals surface area (Å²) in [5.41, 5.74) is 0.966. The van der Waals surface area contributed by atoms with Crippen molar-refractivity contribution in [2.75, 3.05) is 0 Å². The van der Waals surface area contributed by atoms with Crippen molar-refractivity contribution in [1.82, 2.24) is 0 Å². The predicted octanol–water partition coefficient (Wildman–Crippen LogP) is 4.10. The highest BCUT2D eigenvalue weighted by molar-refractivity contribution is 5.30. The summed E-state index contributed by atoms with van der Waals surface area (Å²) in [5.74, 6) is 0.394. The average Bonchev–Trinajstić information content (AvgIpc) is 2.25. The second-order valence-corrected chi connectivity index (χ2v) is 4.05. The summed E-state index contributed by atoms with van der Waals surface area (Å²) in [6, 6.07) is 8.51. The number of rotatable bonds is 7. The van der Waals surface area contributed by atoms with Crippen LogP contribution in [0.3, 0.4) is 0 Å². The monoisotopic (exact) mass is 205 g/mol. The van der Waals surface area contributed by atoms with Crippen molar-refractivity contribution in [3.63, 3.8) is 0 Å². The van der Waals surface area contributed by atoms with Crippen molar-refractivity contribution in [1.29, 1.82) is 0 Å². The molecule has 0 bridgehead atoms. The number of aromatic hydroxyl groups is 1. The number of benzene rings is 1. The summed E-state index contributed by atoms with van der Waals surface area (Å²) in [5, 5.41) is 9.52. The molecule has 1 aromatic carbocycles. The number of hydrogen-bond acceptors (Lipinski definition) is 1. The number of phenolic OH excluding ortho intramolecular Hbond substituents is 1.